The molecule has 0 saturated heterocycles. The average Bonchev–Trinajstić information content (AvgIpc) is 2.39. The van der Waals surface area contributed by atoms with Gasteiger partial charge in [0, 0.05) is 17.4 Å². The van der Waals surface area contributed by atoms with Gasteiger partial charge in [0.15, 0.2) is 0 Å². The summed E-state index contributed by atoms with van der Waals surface area (Å²) in [6, 6.07) is 8.48. The van der Waals surface area contributed by atoms with E-state index < -0.39 is 0 Å². The van der Waals surface area contributed by atoms with E-state index in [1.807, 2.05) is 19.1 Å². The van der Waals surface area contributed by atoms with Crippen LogP contribution in [0.1, 0.15) is 33.3 Å². The molecule has 0 saturated carbocycles. The zero-order valence-electron chi connectivity index (χ0n) is 12.6. The van der Waals surface area contributed by atoms with Crippen LogP contribution in [0.4, 0.5) is 5.69 Å². The molecule has 0 spiro atoms. The summed E-state index contributed by atoms with van der Waals surface area (Å²) in [5, 5.41) is 3.32. The van der Waals surface area contributed by atoms with E-state index in [1.54, 1.807) is 0 Å². The summed E-state index contributed by atoms with van der Waals surface area (Å²) in [6.07, 6.45) is 3.96. The predicted octanol–water partition coefficient (Wildman–Crippen LogP) is 2.58. The highest BCUT2D eigenvalue weighted by Crippen LogP contribution is 2.23. The average molecular weight is 272 g/mol. The second-order valence-corrected chi connectivity index (χ2v) is 6.19. The number of hydrogen-bond donors (Lipinski definition) is 4. The first-order valence-electron chi connectivity index (χ1n) is 6.93. The number of allylic oxidation sites excluding steroid dienone is 2. The molecule has 20 heavy (non-hydrogen) atoms. The molecular formula is C16H24N4. The molecule has 108 valence electrons. The van der Waals surface area contributed by atoms with Gasteiger partial charge in [-0.1, -0.05) is 32.9 Å². The monoisotopic (exact) mass is 272 g/mol. The molecule has 1 aliphatic rings. The topological polar surface area (TPSA) is 62.1 Å². The smallest absolute Gasteiger partial charge is 0.122 e. The number of benzene rings is 1. The van der Waals surface area contributed by atoms with Crippen LogP contribution >= 0.6 is 0 Å². The molecule has 2 rings (SSSR count). The number of hydrogen-bond acceptors (Lipinski definition) is 4. The highest BCUT2D eigenvalue weighted by molar-refractivity contribution is 5.50. The number of anilines is 1. The van der Waals surface area contributed by atoms with Gasteiger partial charge >= 0.3 is 0 Å². The van der Waals surface area contributed by atoms with E-state index >= 15 is 0 Å². The van der Waals surface area contributed by atoms with E-state index in [9.17, 15) is 0 Å². The molecule has 0 amide bonds. The fourth-order valence-corrected chi connectivity index (χ4v) is 1.94. The molecule has 1 aromatic rings. The second-order valence-electron chi connectivity index (χ2n) is 6.19. The molecule has 1 aliphatic heterocycles. The van der Waals surface area contributed by atoms with Crippen molar-refractivity contribution in [3.63, 3.8) is 0 Å². The molecule has 1 aromatic carbocycles. The third-order valence-corrected chi connectivity index (χ3v) is 3.29. The van der Waals surface area contributed by atoms with E-state index in [-0.39, 0.29) is 11.5 Å². The van der Waals surface area contributed by atoms with Gasteiger partial charge in [-0.05, 0) is 42.2 Å². The van der Waals surface area contributed by atoms with Crippen molar-refractivity contribution in [2.24, 2.45) is 5.73 Å². The zero-order valence-corrected chi connectivity index (χ0v) is 12.6. The number of rotatable bonds is 3. The SMILES string of the molecule is CC(N)C1=CC=C(Nc2ccc(C(C)(C)C)cc2)NN1. The maximum absolute atomic E-state index is 5.80. The fraction of sp³-hybridized carbons (Fsp3) is 0.375. The number of nitrogens with one attached hydrogen (secondary N) is 3. The quantitative estimate of drug-likeness (QED) is 0.683. The minimum Gasteiger partial charge on any atom is -0.341 e. The van der Waals surface area contributed by atoms with Crippen LogP contribution in [0.5, 0.6) is 0 Å². The first-order valence-corrected chi connectivity index (χ1v) is 6.93. The fourth-order valence-electron chi connectivity index (χ4n) is 1.94. The molecule has 1 heterocycles. The minimum absolute atomic E-state index is 0.00799. The van der Waals surface area contributed by atoms with Crippen molar-refractivity contribution in [3.8, 4) is 0 Å². The summed E-state index contributed by atoms with van der Waals surface area (Å²) in [4.78, 5) is 0. The Hall–Kier alpha value is -1.94. The molecule has 1 atom stereocenters. The van der Waals surface area contributed by atoms with Crippen molar-refractivity contribution >= 4 is 5.69 Å². The second kappa shape index (κ2) is 5.59. The Morgan fingerprint density at radius 1 is 1.05 bits per heavy atom. The van der Waals surface area contributed by atoms with E-state index in [0.717, 1.165) is 17.2 Å². The van der Waals surface area contributed by atoms with Gasteiger partial charge in [-0.3, -0.25) is 5.43 Å². The summed E-state index contributed by atoms with van der Waals surface area (Å²) in [7, 11) is 0. The minimum atomic E-state index is -0.00799. The third-order valence-electron chi connectivity index (χ3n) is 3.29. The standard InChI is InChI=1S/C16H24N4/c1-11(17)14-9-10-15(20-19-14)18-13-7-5-12(6-8-13)16(2,3)4/h5-11,18-20H,17H2,1-4H3. The Balaban J connectivity index is 2.05. The van der Waals surface area contributed by atoms with Crippen LogP contribution in [-0.4, -0.2) is 6.04 Å². The highest BCUT2D eigenvalue weighted by atomic mass is 15.4. The van der Waals surface area contributed by atoms with E-state index in [2.05, 4.69) is 61.2 Å². The molecule has 0 radical (unpaired) electrons. The molecule has 0 aliphatic carbocycles. The summed E-state index contributed by atoms with van der Waals surface area (Å²) >= 11 is 0. The Bertz CT molecular complexity index is 518. The van der Waals surface area contributed by atoms with Crippen LogP contribution in [0.2, 0.25) is 0 Å². The van der Waals surface area contributed by atoms with Crippen LogP contribution in [0.15, 0.2) is 47.9 Å². The first kappa shape index (κ1) is 14.5. The van der Waals surface area contributed by atoms with Gasteiger partial charge in [-0.15, -0.1) is 0 Å². The molecule has 4 heteroatoms. The van der Waals surface area contributed by atoms with Gasteiger partial charge < -0.3 is 16.5 Å². The summed E-state index contributed by atoms with van der Waals surface area (Å²) in [5.41, 5.74) is 15.5. The van der Waals surface area contributed by atoms with Crippen molar-refractivity contribution in [2.45, 2.75) is 39.2 Å². The molecule has 0 fully saturated rings. The van der Waals surface area contributed by atoms with Gasteiger partial charge in [-0.2, -0.15) is 0 Å². The van der Waals surface area contributed by atoms with Crippen LogP contribution in [0, 0.1) is 0 Å². The Kier molecular flexibility index (Phi) is 4.04. The lowest BCUT2D eigenvalue weighted by Crippen LogP contribution is -2.41. The van der Waals surface area contributed by atoms with Gasteiger partial charge in [0.05, 0.1) is 0 Å². The molecule has 0 bridgehead atoms. The van der Waals surface area contributed by atoms with Crippen LogP contribution in [-0.2, 0) is 5.41 Å². The summed E-state index contributed by atoms with van der Waals surface area (Å²) < 4.78 is 0. The van der Waals surface area contributed by atoms with Crippen molar-refractivity contribution in [1.82, 2.24) is 10.9 Å². The lowest BCUT2D eigenvalue weighted by Gasteiger charge is -2.23. The largest absolute Gasteiger partial charge is 0.341 e. The normalized spacial score (nSPS) is 16.4. The predicted molar refractivity (Wildman–Crippen MR) is 84.9 cm³/mol. The van der Waals surface area contributed by atoms with E-state index in [1.165, 1.54) is 5.56 Å². The zero-order chi connectivity index (χ0) is 14.8. The van der Waals surface area contributed by atoms with E-state index in [0.29, 0.717) is 0 Å². The third kappa shape index (κ3) is 3.54. The van der Waals surface area contributed by atoms with Crippen molar-refractivity contribution in [3.05, 3.63) is 53.5 Å². The highest BCUT2D eigenvalue weighted by Gasteiger charge is 2.13. The first-order chi connectivity index (χ1) is 9.36. The number of hydrazine groups is 1. The molecular weight excluding hydrogens is 248 g/mol. The number of nitrogens with two attached hydrogens (primary N) is 1. The van der Waals surface area contributed by atoms with Gasteiger partial charge in [0.2, 0.25) is 0 Å². The maximum atomic E-state index is 5.80. The molecule has 4 nitrogen and oxygen atoms in total. The molecule has 1 unspecified atom stereocenters. The molecule has 5 N–H and O–H groups in total. The van der Waals surface area contributed by atoms with Gasteiger partial charge in [0.1, 0.15) is 5.82 Å². The Morgan fingerprint density at radius 3 is 2.15 bits per heavy atom. The maximum Gasteiger partial charge on any atom is 0.122 e. The van der Waals surface area contributed by atoms with Crippen LogP contribution in [0.3, 0.4) is 0 Å². The van der Waals surface area contributed by atoms with Gasteiger partial charge in [0.25, 0.3) is 0 Å². The van der Waals surface area contributed by atoms with Crippen LogP contribution < -0.4 is 21.9 Å². The van der Waals surface area contributed by atoms with Crippen molar-refractivity contribution < 1.29 is 0 Å². The van der Waals surface area contributed by atoms with Crippen molar-refractivity contribution in [1.29, 1.82) is 0 Å². The lowest BCUT2D eigenvalue weighted by molar-refractivity contribution is 0.590. The molecule has 0 aromatic heterocycles. The van der Waals surface area contributed by atoms with Gasteiger partial charge in [-0.25, -0.2) is 0 Å². The van der Waals surface area contributed by atoms with Crippen molar-refractivity contribution in [2.75, 3.05) is 5.32 Å². The summed E-state index contributed by atoms with van der Waals surface area (Å²) in [6.45, 7) is 8.58. The Morgan fingerprint density at radius 2 is 1.70 bits per heavy atom. The summed E-state index contributed by atoms with van der Waals surface area (Å²) in [5.74, 6) is 0.901. The lowest BCUT2D eigenvalue weighted by atomic mass is 9.87. The van der Waals surface area contributed by atoms with E-state index in [4.69, 9.17) is 5.73 Å². The van der Waals surface area contributed by atoms with Crippen LogP contribution in [0.25, 0.3) is 0 Å². The Labute approximate surface area is 121 Å².